The average Bonchev–Trinajstić information content (AvgIpc) is 2.04. The Morgan fingerprint density at radius 1 is 1.29 bits per heavy atom. The summed E-state index contributed by atoms with van der Waals surface area (Å²) < 4.78 is 22.1. The largest absolute Gasteiger partial charge is 0.300 e. The highest BCUT2D eigenvalue weighted by atomic mass is 35.5. The smallest absolute Gasteiger partial charge is 0.175 e. The zero-order valence-electron chi connectivity index (χ0n) is 7.64. The number of sulfone groups is 1. The maximum absolute atomic E-state index is 11.0. The first-order chi connectivity index (χ1) is 6.04. The number of halogens is 1. The van der Waals surface area contributed by atoms with Crippen LogP contribution >= 0.6 is 12.4 Å². The van der Waals surface area contributed by atoms with Crippen molar-refractivity contribution in [3.05, 3.63) is 29.8 Å². The fraction of sp³-hybridized carbons (Fsp3) is 0.250. The Morgan fingerprint density at radius 2 is 1.79 bits per heavy atom. The molecule has 1 aromatic carbocycles. The fourth-order valence-corrected chi connectivity index (χ4v) is 1.56. The van der Waals surface area contributed by atoms with Gasteiger partial charge in [0.2, 0.25) is 0 Å². The summed E-state index contributed by atoms with van der Waals surface area (Å²) in [4.78, 5) is 4.70. The van der Waals surface area contributed by atoms with Gasteiger partial charge in [-0.15, -0.1) is 12.4 Å². The first kappa shape index (κ1) is 13.4. The van der Waals surface area contributed by atoms with Crippen LogP contribution in [0.25, 0.3) is 0 Å². The van der Waals surface area contributed by atoms with Gasteiger partial charge in [0.15, 0.2) is 9.84 Å². The van der Waals surface area contributed by atoms with Gasteiger partial charge < -0.3 is 0 Å². The number of rotatable bonds is 3. The maximum Gasteiger partial charge on any atom is 0.175 e. The molecule has 4 nitrogen and oxygen atoms in total. The van der Waals surface area contributed by atoms with E-state index in [-0.39, 0.29) is 19.0 Å². The molecule has 0 saturated carbocycles. The number of hydrogen-bond donors (Lipinski definition) is 1. The Bertz CT molecular complexity index is 374. The molecule has 1 aromatic rings. The van der Waals surface area contributed by atoms with E-state index in [0.29, 0.717) is 4.90 Å². The van der Waals surface area contributed by atoms with Gasteiger partial charge >= 0.3 is 0 Å². The van der Waals surface area contributed by atoms with Gasteiger partial charge in [-0.05, 0) is 17.7 Å². The molecular formula is C8H12ClNO3S. The minimum absolute atomic E-state index is 0. The number of benzene rings is 1. The van der Waals surface area contributed by atoms with Crippen LogP contribution in [0.4, 0.5) is 0 Å². The molecule has 14 heavy (non-hydrogen) atoms. The molecule has 0 aliphatic carbocycles. The molecule has 0 aliphatic heterocycles. The summed E-state index contributed by atoms with van der Waals surface area (Å²) in [6.07, 6.45) is 1.17. The predicted molar refractivity (Wildman–Crippen MR) is 55.8 cm³/mol. The highest BCUT2D eigenvalue weighted by Crippen LogP contribution is 2.10. The lowest BCUT2D eigenvalue weighted by Gasteiger charge is -2.00. The Morgan fingerprint density at radius 3 is 2.14 bits per heavy atom. The average molecular weight is 238 g/mol. The van der Waals surface area contributed by atoms with Crippen molar-refractivity contribution in [2.75, 3.05) is 6.26 Å². The van der Waals surface area contributed by atoms with E-state index in [2.05, 4.69) is 4.84 Å². The van der Waals surface area contributed by atoms with E-state index in [1.807, 2.05) is 0 Å². The first-order valence-corrected chi connectivity index (χ1v) is 5.54. The molecule has 0 amide bonds. The molecule has 0 radical (unpaired) electrons. The minimum Gasteiger partial charge on any atom is -0.300 e. The zero-order chi connectivity index (χ0) is 9.90. The predicted octanol–water partition coefficient (Wildman–Crippen LogP) is 0.902. The van der Waals surface area contributed by atoms with Crippen molar-refractivity contribution < 1.29 is 13.3 Å². The van der Waals surface area contributed by atoms with E-state index in [1.165, 1.54) is 18.4 Å². The van der Waals surface area contributed by atoms with Gasteiger partial charge in [0.05, 0.1) is 11.5 Å². The second-order valence-electron chi connectivity index (χ2n) is 2.73. The summed E-state index contributed by atoms with van der Waals surface area (Å²) in [5.74, 6) is 4.87. The second-order valence-corrected chi connectivity index (χ2v) is 4.74. The normalized spacial score (nSPS) is 10.7. The SMILES string of the molecule is CS(=O)(=O)c1ccc(CON)cc1.Cl. The third-order valence-electron chi connectivity index (χ3n) is 1.60. The van der Waals surface area contributed by atoms with Crippen molar-refractivity contribution in [1.82, 2.24) is 0 Å². The summed E-state index contributed by atoms with van der Waals surface area (Å²) >= 11 is 0. The minimum atomic E-state index is -3.11. The topological polar surface area (TPSA) is 69.4 Å². The van der Waals surface area contributed by atoms with E-state index in [4.69, 9.17) is 5.90 Å². The molecule has 0 atom stereocenters. The fourth-order valence-electron chi connectivity index (χ4n) is 0.929. The molecular weight excluding hydrogens is 226 g/mol. The third-order valence-corrected chi connectivity index (χ3v) is 2.73. The van der Waals surface area contributed by atoms with E-state index in [9.17, 15) is 8.42 Å². The molecule has 0 heterocycles. The molecule has 0 spiro atoms. The van der Waals surface area contributed by atoms with Gasteiger partial charge in [0.25, 0.3) is 0 Å². The van der Waals surface area contributed by atoms with Gasteiger partial charge in [-0.25, -0.2) is 14.3 Å². The Labute approximate surface area is 89.3 Å². The summed E-state index contributed by atoms with van der Waals surface area (Å²) in [6.45, 7) is 0.282. The Kier molecular flexibility index (Phi) is 5.07. The molecule has 6 heteroatoms. The zero-order valence-corrected chi connectivity index (χ0v) is 9.27. The lowest BCUT2D eigenvalue weighted by atomic mass is 10.2. The van der Waals surface area contributed by atoms with Crippen molar-refractivity contribution in [2.45, 2.75) is 11.5 Å². The summed E-state index contributed by atoms with van der Waals surface area (Å²) in [5.41, 5.74) is 0.843. The van der Waals surface area contributed by atoms with Gasteiger partial charge in [-0.1, -0.05) is 12.1 Å². The van der Waals surface area contributed by atoms with E-state index in [1.54, 1.807) is 12.1 Å². The molecule has 0 saturated heterocycles. The van der Waals surface area contributed by atoms with E-state index >= 15 is 0 Å². The maximum atomic E-state index is 11.0. The first-order valence-electron chi connectivity index (χ1n) is 3.65. The van der Waals surface area contributed by atoms with E-state index < -0.39 is 9.84 Å². The molecule has 0 aliphatic rings. The van der Waals surface area contributed by atoms with Crippen LogP contribution in [0.15, 0.2) is 29.2 Å². The summed E-state index contributed by atoms with van der Waals surface area (Å²) in [7, 11) is -3.11. The quantitative estimate of drug-likeness (QED) is 0.794. The van der Waals surface area contributed by atoms with E-state index in [0.717, 1.165) is 5.56 Å². The molecule has 0 fully saturated rings. The Balaban J connectivity index is 0.00000169. The third kappa shape index (κ3) is 3.63. The van der Waals surface area contributed by atoms with Crippen LogP contribution in [0.2, 0.25) is 0 Å². The summed E-state index contributed by atoms with van der Waals surface area (Å²) in [5, 5.41) is 0. The molecule has 0 bridgehead atoms. The Hall–Kier alpha value is -0.620. The number of hydrogen-bond acceptors (Lipinski definition) is 4. The number of nitrogens with two attached hydrogens (primary N) is 1. The molecule has 2 N–H and O–H groups in total. The highest BCUT2D eigenvalue weighted by Gasteiger charge is 2.05. The van der Waals surface area contributed by atoms with Crippen molar-refractivity contribution in [1.29, 1.82) is 0 Å². The van der Waals surface area contributed by atoms with Crippen LogP contribution in [-0.4, -0.2) is 14.7 Å². The van der Waals surface area contributed by atoms with Crippen LogP contribution < -0.4 is 5.90 Å². The highest BCUT2D eigenvalue weighted by molar-refractivity contribution is 7.90. The molecule has 0 unspecified atom stereocenters. The van der Waals surface area contributed by atoms with Crippen LogP contribution in [0.5, 0.6) is 0 Å². The monoisotopic (exact) mass is 237 g/mol. The van der Waals surface area contributed by atoms with Crippen LogP contribution in [0.3, 0.4) is 0 Å². The second kappa shape index (κ2) is 5.31. The molecule has 0 aromatic heterocycles. The van der Waals surface area contributed by atoms with Crippen molar-refractivity contribution in [2.24, 2.45) is 5.90 Å². The lowest BCUT2D eigenvalue weighted by Crippen LogP contribution is -2.00. The van der Waals surface area contributed by atoms with Gasteiger partial charge in [-0.2, -0.15) is 0 Å². The van der Waals surface area contributed by atoms with Crippen molar-refractivity contribution in [3.8, 4) is 0 Å². The van der Waals surface area contributed by atoms with Crippen LogP contribution in [0.1, 0.15) is 5.56 Å². The lowest BCUT2D eigenvalue weighted by molar-refractivity contribution is 0.124. The summed E-state index contributed by atoms with van der Waals surface area (Å²) in [6, 6.07) is 6.40. The van der Waals surface area contributed by atoms with Crippen LogP contribution in [-0.2, 0) is 21.3 Å². The van der Waals surface area contributed by atoms with Crippen molar-refractivity contribution >= 4 is 22.2 Å². The standard InChI is InChI=1S/C8H11NO3S.ClH/c1-13(10,11)8-4-2-7(3-5-8)6-12-9;/h2-5H,6,9H2,1H3;1H. The molecule has 80 valence electrons. The van der Waals surface area contributed by atoms with Crippen molar-refractivity contribution in [3.63, 3.8) is 0 Å². The van der Waals surface area contributed by atoms with Gasteiger partial charge in [-0.3, -0.25) is 4.84 Å². The molecule has 1 rings (SSSR count). The van der Waals surface area contributed by atoms with Gasteiger partial charge in [0, 0.05) is 6.26 Å². The van der Waals surface area contributed by atoms with Gasteiger partial charge in [0.1, 0.15) is 0 Å². The van der Waals surface area contributed by atoms with Crippen LogP contribution in [0, 0.1) is 0 Å².